The van der Waals surface area contributed by atoms with E-state index in [0.29, 0.717) is 24.3 Å². The Morgan fingerprint density at radius 1 is 1.10 bits per heavy atom. The van der Waals surface area contributed by atoms with Crippen molar-refractivity contribution in [3.8, 4) is 5.75 Å². The monoisotopic (exact) mass is 394 g/mol. The third-order valence-corrected chi connectivity index (χ3v) is 4.12. The summed E-state index contributed by atoms with van der Waals surface area (Å²) in [6.07, 6.45) is 5.70. The molecule has 2 aromatic rings. The molecule has 0 saturated heterocycles. The molecule has 6 heteroatoms. The molecular formula is C23H23FN2O3. The molecule has 2 aromatic carbocycles. The lowest BCUT2D eigenvalue weighted by atomic mass is 10.1. The second kappa shape index (κ2) is 10.6. The molecule has 2 N–H and O–H groups in total. The minimum Gasteiger partial charge on any atom is -0.497 e. The topological polar surface area (TPSA) is 67.4 Å². The van der Waals surface area contributed by atoms with Crippen molar-refractivity contribution in [1.29, 1.82) is 0 Å². The molecule has 0 aliphatic rings. The molecule has 0 aromatic heterocycles. The summed E-state index contributed by atoms with van der Waals surface area (Å²) in [5.41, 5.74) is 1.54. The van der Waals surface area contributed by atoms with Gasteiger partial charge in [0, 0.05) is 12.1 Å². The zero-order chi connectivity index (χ0) is 21.2. The summed E-state index contributed by atoms with van der Waals surface area (Å²) in [6.45, 7) is 7.69. The summed E-state index contributed by atoms with van der Waals surface area (Å²) in [5.74, 6) is -0.835. The van der Waals surface area contributed by atoms with E-state index in [2.05, 4.69) is 23.8 Å². The molecule has 0 atom stereocenters. The number of rotatable bonds is 9. The third-order valence-electron chi connectivity index (χ3n) is 4.12. The molecule has 2 rings (SSSR count). The zero-order valence-electron chi connectivity index (χ0n) is 16.2. The summed E-state index contributed by atoms with van der Waals surface area (Å²) in [5, 5.41) is 5.35. The van der Waals surface area contributed by atoms with E-state index in [-0.39, 0.29) is 11.3 Å². The number of hydrogen-bond donors (Lipinski definition) is 2. The Balaban J connectivity index is 2.12. The fourth-order valence-electron chi connectivity index (χ4n) is 2.58. The summed E-state index contributed by atoms with van der Waals surface area (Å²) in [6, 6.07) is 10.1. The van der Waals surface area contributed by atoms with E-state index in [4.69, 9.17) is 4.74 Å². The highest BCUT2D eigenvalue weighted by Crippen LogP contribution is 2.19. The van der Waals surface area contributed by atoms with E-state index >= 15 is 0 Å². The Labute approximate surface area is 169 Å². The lowest BCUT2D eigenvalue weighted by molar-refractivity contribution is 0.0955. The number of carbonyl (C=O) groups excluding carboxylic acids is 2. The molecule has 0 aliphatic carbocycles. The first-order valence-electron chi connectivity index (χ1n) is 8.95. The van der Waals surface area contributed by atoms with Gasteiger partial charge < -0.3 is 15.4 Å². The highest BCUT2D eigenvalue weighted by Gasteiger charge is 2.15. The maximum atomic E-state index is 13.7. The first-order chi connectivity index (χ1) is 14.0. The van der Waals surface area contributed by atoms with Gasteiger partial charge in [0.05, 0.1) is 18.4 Å². The van der Waals surface area contributed by atoms with Gasteiger partial charge in [-0.1, -0.05) is 31.4 Å². The number of amides is 2. The van der Waals surface area contributed by atoms with Crippen molar-refractivity contribution in [3.05, 3.63) is 96.4 Å². The standard InChI is InChI=1S/C23H23FN2O3/c1-4-6-16(5-2)13-14-25-23(28)20-12-9-18(24)15-21(20)26-22(27)17-7-10-19(29-3)11-8-17/h4-12,15H,1-2,13-14H2,3H3,(H,25,28)(H,26,27)/b16-6+. The van der Waals surface area contributed by atoms with Gasteiger partial charge in [-0.2, -0.15) is 0 Å². The maximum Gasteiger partial charge on any atom is 0.255 e. The van der Waals surface area contributed by atoms with Gasteiger partial charge >= 0.3 is 0 Å². The smallest absolute Gasteiger partial charge is 0.255 e. The van der Waals surface area contributed by atoms with E-state index in [1.807, 2.05) is 0 Å². The van der Waals surface area contributed by atoms with Crippen LogP contribution in [0.3, 0.4) is 0 Å². The minimum absolute atomic E-state index is 0.0916. The minimum atomic E-state index is -0.561. The average molecular weight is 394 g/mol. The highest BCUT2D eigenvalue weighted by molar-refractivity contribution is 6.09. The number of methoxy groups -OCH3 is 1. The Kier molecular flexibility index (Phi) is 7.91. The number of ether oxygens (including phenoxy) is 1. The molecule has 0 radical (unpaired) electrons. The number of anilines is 1. The van der Waals surface area contributed by atoms with Crippen molar-refractivity contribution < 1.29 is 18.7 Å². The average Bonchev–Trinajstić information content (AvgIpc) is 2.73. The van der Waals surface area contributed by atoms with Crippen LogP contribution in [0.2, 0.25) is 0 Å². The van der Waals surface area contributed by atoms with Crippen LogP contribution in [0.25, 0.3) is 0 Å². The Hall–Kier alpha value is -3.67. The number of halogens is 1. The Morgan fingerprint density at radius 2 is 1.83 bits per heavy atom. The van der Waals surface area contributed by atoms with E-state index in [9.17, 15) is 14.0 Å². The van der Waals surface area contributed by atoms with Crippen molar-refractivity contribution in [2.75, 3.05) is 19.0 Å². The van der Waals surface area contributed by atoms with E-state index in [1.165, 1.54) is 19.2 Å². The van der Waals surface area contributed by atoms with Gasteiger partial charge in [-0.15, -0.1) is 0 Å². The van der Waals surface area contributed by atoms with Gasteiger partial charge in [0.25, 0.3) is 11.8 Å². The number of benzene rings is 2. The highest BCUT2D eigenvalue weighted by atomic mass is 19.1. The van der Waals surface area contributed by atoms with Crippen LogP contribution in [0.4, 0.5) is 10.1 Å². The van der Waals surface area contributed by atoms with E-state index in [1.54, 1.807) is 42.5 Å². The largest absolute Gasteiger partial charge is 0.497 e. The normalized spacial score (nSPS) is 10.8. The molecule has 150 valence electrons. The molecule has 29 heavy (non-hydrogen) atoms. The van der Waals surface area contributed by atoms with Crippen LogP contribution in [-0.4, -0.2) is 25.5 Å². The number of allylic oxidation sites excluding steroid dienone is 3. The van der Waals surface area contributed by atoms with Gasteiger partial charge in [0.1, 0.15) is 11.6 Å². The molecule has 5 nitrogen and oxygen atoms in total. The number of nitrogens with one attached hydrogen (secondary N) is 2. The second-order valence-electron chi connectivity index (χ2n) is 6.06. The summed E-state index contributed by atoms with van der Waals surface area (Å²) in [4.78, 5) is 25.0. The maximum absolute atomic E-state index is 13.7. The predicted octanol–water partition coefficient (Wildman–Crippen LogP) is 4.50. The Bertz CT molecular complexity index is 934. The van der Waals surface area contributed by atoms with Crippen molar-refractivity contribution in [2.24, 2.45) is 0 Å². The first-order valence-corrected chi connectivity index (χ1v) is 8.95. The molecule has 0 fully saturated rings. The van der Waals surface area contributed by atoms with Crippen molar-refractivity contribution in [1.82, 2.24) is 5.32 Å². The van der Waals surface area contributed by atoms with Crippen LogP contribution in [0, 0.1) is 5.82 Å². The third kappa shape index (κ3) is 6.17. The van der Waals surface area contributed by atoms with Gasteiger partial charge in [0.15, 0.2) is 0 Å². The van der Waals surface area contributed by atoms with Crippen molar-refractivity contribution in [3.63, 3.8) is 0 Å². The summed E-state index contributed by atoms with van der Waals surface area (Å²) < 4.78 is 18.8. The molecule has 0 unspecified atom stereocenters. The van der Waals surface area contributed by atoms with Crippen LogP contribution in [0.1, 0.15) is 27.1 Å². The molecule has 0 bridgehead atoms. The van der Waals surface area contributed by atoms with Crippen LogP contribution < -0.4 is 15.4 Å². The summed E-state index contributed by atoms with van der Waals surface area (Å²) >= 11 is 0. The summed E-state index contributed by atoms with van der Waals surface area (Å²) in [7, 11) is 1.53. The fourth-order valence-corrected chi connectivity index (χ4v) is 2.58. The second-order valence-corrected chi connectivity index (χ2v) is 6.06. The molecule has 0 heterocycles. The van der Waals surface area contributed by atoms with Gasteiger partial charge in [-0.05, 0) is 54.5 Å². The molecular weight excluding hydrogens is 371 g/mol. The van der Waals surface area contributed by atoms with Gasteiger partial charge in [-0.25, -0.2) is 4.39 Å². The van der Waals surface area contributed by atoms with E-state index < -0.39 is 17.6 Å². The molecule has 0 aliphatic heterocycles. The molecule has 0 spiro atoms. The zero-order valence-corrected chi connectivity index (χ0v) is 16.2. The van der Waals surface area contributed by atoms with Crippen LogP contribution in [-0.2, 0) is 0 Å². The molecule has 0 saturated carbocycles. The van der Waals surface area contributed by atoms with Crippen LogP contribution in [0.15, 0.2) is 79.4 Å². The van der Waals surface area contributed by atoms with Crippen LogP contribution in [0.5, 0.6) is 5.75 Å². The predicted molar refractivity (Wildman–Crippen MR) is 113 cm³/mol. The quantitative estimate of drug-likeness (QED) is 0.615. The number of hydrogen-bond acceptors (Lipinski definition) is 3. The first kappa shape index (κ1) is 21.6. The van der Waals surface area contributed by atoms with Crippen molar-refractivity contribution >= 4 is 17.5 Å². The van der Waals surface area contributed by atoms with Crippen LogP contribution >= 0.6 is 0 Å². The molecule has 2 amide bonds. The van der Waals surface area contributed by atoms with Crippen molar-refractivity contribution in [2.45, 2.75) is 6.42 Å². The van der Waals surface area contributed by atoms with E-state index in [0.717, 1.165) is 11.6 Å². The van der Waals surface area contributed by atoms with Gasteiger partial charge in [-0.3, -0.25) is 9.59 Å². The SMILES string of the molecule is C=C/C=C(\C=C)CCNC(=O)c1ccc(F)cc1NC(=O)c1ccc(OC)cc1. The fraction of sp³-hybridized carbons (Fsp3) is 0.130. The number of carbonyl (C=O) groups is 2. The lowest BCUT2D eigenvalue weighted by Gasteiger charge is -2.12. The Morgan fingerprint density at radius 3 is 2.45 bits per heavy atom. The lowest BCUT2D eigenvalue weighted by Crippen LogP contribution is -2.26. The van der Waals surface area contributed by atoms with Gasteiger partial charge in [0.2, 0.25) is 0 Å².